The van der Waals surface area contributed by atoms with Crippen LogP contribution in [-0.2, 0) is 7.05 Å². The number of thiophene rings is 1. The van der Waals surface area contributed by atoms with Crippen LogP contribution in [0, 0.1) is 0 Å². The Bertz CT molecular complexity index is 863. The molecular formula is C17H17N5O2S. The topological polar surface area (TPSA) is 73.1 Å². The van der Waals surface area contributed by atoms with Gasteiger partial charge in [-0.05, 0) is 17.5 Å². The highest BCUT2D eigenvalue weighted by Crippen LogP contribution is 2.25. The summed E-state index contributed by atoms with van der Waals surface area (Å²) in [7, 11) is 1.80. The monoisotopic (exact) mass is 355 g/mol. The fourth-order valence-electron chi connectivity index (χ4n) is 2.90. The smallest absolute Gasteiger partial charge is 0.272 e. The van der Waals surface area contributed by atoms with Crippen LogP contribution >= 0.6 is 11.3 Å². The summed E-state index contributed by atoms with van der Waals surface area (Å²) in [5.41, 5.74) is 1.41. The minimum Gasteiger partial charge on any atom is -0.471 e. The van der Waals surface area contributed by atoms with Crippen LogP contribution in [0.1, 0.15) is 16.9 Å². The first-order valence-electron chi connectivity index (χ1n) is 8.00. The Hall–Kier alpha value is -2.74. The highest BCUT2D eigenvalue weighted by atomic mass is 32.1. The van der Waals surface area contributed by atoms with E-state index >= 15 is 0 Å². The largest absolute Gasteiger partial charge is 0.471 e. The van der Waals surface area contributed by atoms with Gasteiger partial charge in [-0.1, -0.05) is 6.07 Å². The van der Waals surface area contributed by atoms with Gasteiger partial charge in [0, 0.05) is 32.4 Å². The lowest BCUT2D eigenvalue weighted by atomic mass is 10.3. The molecule has 1 aliphatic rings. The van der Waals surface area contributed by atoms with Crippen LogP contribution in [0.3, 0.4) is 0 Å². The molecule has 128 valence electrons. The van der Waals surface area contributed by atoms with Gasteiger partial charge in [-0.25, -0.2) is 4.98 Å². The third kappa shape index (κ3) is 3.25. The van der Waals surface area contributed by atoms with Gasteiger partial charge in [0.25, 0.3) is 5.91 Å². The van der Waals surface area contributed by atoms with Gasteiger partial charge in [0.05, 0.1) is 17.6 Å². The molecule has 7 nitrogen and oxygen atoms in total. The number of carbonyl (C=O) groups is 1. The Morgan fingerprint density at radius 3 is 3.08 bits per heavy atom. The molecular weight excluding hydrogens is 338 g/mol. The molecule has 1 unspecified atom stereocenters. The second-order valence-electron chi connectivity index (χ2n) is 5.84. The van der Waals surface area contributed by atoms with E-state index in [9.17, 15) is 4.79 Å². The summed E-state index contributed by atoms with van der Waals surface area (Å²) in [6.07, 6.45) is 5.49. The van der Waals surface area contributed by atoms with Gasteiger partial charge in [0.1, 0.15) is 17.5 Å². The minimum atomic E-state index is -0.0642. The summed E-state index contributed by atoms with van der Waals surface area (Å²) in [4.78, 5) is 23.8. The van der Waals surface area contributed by atoms with Crippen molar-refractivity contribution in [2.24, 2.45) is 7.05 Å². The van der Waals surface area contributed by atoms with E-state index in [4.69, 9.17) is 4.74 Å². The molecule has 0 saturated carbocycles. The molecule has 0 aromatic carbocycles. The fraction of sp³-hybridized carbons (Fsp3) is 0.294. The molecule has 1 saturated heterocycles. The first-order chi connectivity index (χ1) is 12.2. The molecule has 1 aliphatic heterocycles. The highest BCUT2D eigenvalue weighted by Gasteiger charge is 2.30. The molecule has 0 N–H and O–H groups in total. The zero-order valence-electron chi connectivity index (χ0n) is 13.7. The van der Waals surface area contributed by atoms with Gasteiger partial charge in [0.15, 0.2) is 0 Å². The van der Waals surface area contributed by atoms with Crippen molar-refractivity contribution in [3.63, 3.8) is 0 Å². The normalized spacial score (nSPS) is 17.0. The number of amides is 1. The Morgan fingerprint density at radius 1 is 1.40 bits per heavy atom. The second kappa shape index (κ2) is 6.64. The molecule has 0 radical (unpaired) electrons. The number of hydrogen-bond acceptors (Lipinski definition) is 6. The van der Waals surface area contributed by atoms with E-state index in [2.05, 4.69) is 15.1 Å². The van der Waals surface area contributed by atoms with E-state index in [1.54, 1.807) is 46.6 Å². The lowest BCUT2D eigenvalue weighted by molar-refractivity contribution is 0.0760. The molecule has 3 aromatic heterocycles. The number of likely N-dealkylation sites (tertiary alicyclic amines) is 1. The molecule has 1 fully saturated rings. The second-order valence-corrected chi connectivity index (χ2v) is 6.79. The number of aryl methyl sites for hydroxylation is 1. The van der Waals surface area contributed by atoms with Gasteiger partial charge >= 0.3 is 0 Å². The van der Waals surface area contributed by atoms with Gasteiger partial charge < -0.3 is 9.64 Å². The maximum Gasteiger partial charge on any atom is 0.272 e. The van der Waals surface area contributed by atoms with Crippen molar-refractivity contribution in [1.82, 2.24) is 24.6 Å². The molecule has 25 heavy (non-hydrogen) atoms. The number of nitrogens with zero attached hydrogens (tertiary/aromatic N) is 5. The molecule has 3 aromatic rings. The SMILES string of the molecule is Cn1nc(-c2cccs2)cc1C(=O)N1CCC(Oc2cnccn2)C1. The maximum absolute atomic E-state index is 12.8. The predicted molar refractivity (Wildman–Crippen MR) is 93.5 cm³/mol. The lowest BCUT2D eigenvalue weighted by Gasteiger charge is -2.16. The van der Waals surface area contributed by atoms with E-state index < -0.39 is 0 Å². The first kappa shape index (κ1) is 15.8. The third-order valence-electron chi connectivity index (χ3n) is 4.13. The van der Waals surface area contributed by atoms with Gasteiger partial charge in [-0.2, -0.15) is 5.10 Å². The Kier molecular flexibility index (Phi) is 4.19. The molecule has 0 bridgehead atoms. The average molecular weight is 355 g/mol. The number of rotatable bonds is 4. The minimum absolute atomic E-state index is 0.0250. The summed E-state index contributed by atoms with van der Waals surface area (Å²) < 4.78 is 7.44. The van der Waals surface area contributed by atoms with Crippen LogP contribution in [0.25, 0.3) is 10.6 Å². The predicted octanol–water partition coefficient (Wildman–Crippen LogP) is 2.23. The molecule has 0 aliphatic carbocycles. The van der Waals surface area contributed by atoms with Crippen LogP contribution in [0.4, 0.5) is 0 Å². The standard InChI is InChI=1S/C17H17N5O2S/c1-21-14(9-13(20-21)15-3-2-8-25-15)17(23)22-7-4-12(11-22)24-16-10-18-5-6-19-16/h2-3,5-6,8-10,12H,4,7,11H2,1H3. The van der Waals surface area contributed by atoms with E-state index in [-0.39, 0.29) is 12.0 Å². The van der Waals surface area contributed by atoms with Crippen LogP contribution < -0.4 is 4.74 Å². The summed E-state index contributed by atoms with van der Waals surface area (Å²) in [6, 6.07) is 5.83. The lowest BCUT2D eigenvalue weighted by Crippen LogP contribution is -2.32. The van der Waals surface area contributed by atoms with E-state index in [0.29, 0.717) is 24.7 Å². The van der Waals surface area contributed by atoms with Gasteiger partial charge in [0.2, 0.25) is 5.88 Å². The first-order valence-corrected chi connectivity index (χ1v) is 8.88. The quantitative estimate of drug-likeness (QED) is 0.718. The maximum atomic E-state index is 12.8. The van der Waals surface area contributed by atoms with Crippen molar-refractivity contribution in [3.8, 4) is 16.5 Å². The van der Waals surface area contributed by atoms with E-state index in [1.165, 1.54) is 0 Å². The van der Waals surface area contributed by atoms with Crippen LogP contribution in [0.5, 0.6) is 5.88 Å². The van der Waals surface area contributed by atoms with Gasteiger partial charge in [-0.3, -0.25) is 14.5 Å². The van der Waals surface area contributed by atoms with Crippen molar-refractivity contribution in [3.05, 3.63) is 47.9 Å². The molecule has 0 spiro atoms. The Balaban J connectivity index is 1.45. The van der Waals surface area contributed by atoms with E-state index in [1.807, 2.05) is 23.6 Å². The summed E-state index contributed by atoms with van der Waals surface area (Å²) in [6.45, 7) is 1.19. The molecule has 4 rings (SSSR count). The van der Waals surface area contributed by atoms with E-state index in [0.717, 1.165) is 17.0 Å². The van der Waals surface area contributed by atoms with Crippen LogP contribution in [0.15, 0.2) is 42.2 Å². The van der Waals surface area contributed by atoms with Crippen molar-refractivity contribution >= 4 is 17.2 Å². The van der Waals surface area contributed by atoms with Crippen LogP contribution in [0.2, 0.25) is 0 Å². The summed E-state index contributed by atoms with van der Waals surface area (Å²) >= 11 is 1.61. The number of carbonyl (C=O) groups excluding carboxylic acids is 1. The van der Waals surface area contributed by atoms with Gasteiger partial charge in [-0.15, -0.1) is 11.3 Å². The van der Waals surface area contributed by atoms with Crippen molar-refractivity contribution < 1.29 is 9.53 Å². The molecule has 1 amide bonds. The third-order valence-corrected chi connectivity index (χ3v) is 5.02. The molecule has 8 heteroatoms. The zero-order chi connectivity index (χ0) is 17.2. The van der Waals surface area contributed by atoms with Crippen molar-refractivity contribution in [2.45, 2.75) is 12.5 Å². The van der Waals surface area contributed by atoms with Crippen LogP contribution in [-0.4, -0.2) is 49.7 Å². The zero-order valence-corrected chi connectivity index (χ0v) is 14.5. The summed E-state index contributed by atoms with van der Waals surface area (Å²) in [5.74, 6) is 0.463. The molecule has 1 atom stereocenters. The van der Waals surface area contributed by atoms with Crippen molar-refractivity contribution in [1.29, 1.82) is 0 Å². The number of aromatic nitrogens is 4. The number of ether oxygens (including phenoxy) is 1. The Morgan fingerprint density at radius 2 is 2.32 bits per heavy atom. The highest BCUT2D eigenvalue weighted by molar-refractivity contribution is 7.13. The Labute approximate surface area is 148 Å². The summed E-state index contributed by atoms with van der Waals surface area (Å²) in [5, 5.41) is 6.46. The number of hydrogen-bond donors (Lipinski definition) is 0. The van der Waals surface area contributed by atoms with Crippen molar-refractivity contribution in [2.75, 3.05) is 13.1 Å². The fourth-order valence-corrected chi connectivity index (χ4v) is 3.58. The average Bonchev–Trinajstić information content (AvgIpc) is 3.35. The molecule has 4 heterocycles.